The first kappa shape index (κ1) is 29.9. The maximum atomic E-state index is 12.6. The van der Waals surface area contributed by atoms with E-state index >= 15 is 0 Å². The second kappa shape index (κ2) is 12.9. The summed E-state index contributed by atoms with van der Waals surface area (Å²) in [5.74, 6) is -0.126. The Morgan fingerprint density at radius 1 is 1.08 bits per heavy atom. The summed E-state index contributed by atoms with van der Waals surface area (Å²) < 4.78 is 7.46. The minimum atomic E-state index is -0.636. The molecule has 0 atom stereocenters. The summed E-state index contributed by atoms with van der Waals surface area (Å²) >= 11 is 14.2. The summed E-state index contributed by atoms with van der Waals surface area (Å²) in [7, 11) is 0. The second-order valence-corrected chi connectivity index (χ2v) is 12.2. The van der Waals surface area contributed by atoms with Gasteiger partial charge < -0.3 is 19.9 Å². The van der Waals surface area contributed by atoms with Crippen molar-refractivity contribution >= 4 is 47.0 Å². The quantitative estimate of drug-likeness (QED) is 0.287. The second-order valence-electron chi connectivity index (χ2n) is 10.2. The molecule has 0 saturated carbocycles. The van der Waals surface area contributed by atoms with Crippen LogP contribution in [0.2, 0.25) is 10.0 Å². The van der Waals surface area contributed by atoms with Gasteiger partial charge in [0.25, 0.3) is 0 Å². The zero-order chi connectivity index (χ0) is 28.0. The lowest BCUT2D eigenvalue weighted by atomic mass is 10.0. The Hall–Kier alpha value is -2.68. The molecule has 0 radical (unpaired) electrons. The van der Waals surface area contributed by atoms with Crippen molar-refractivity contribution in [1.82, 2.24) is 20.2 Å². The third-order valence-corrected chi connectivity index (χ3v) is 7.16. The van der Waals surface area contributed by atoms with E-state index in [0.717, 1.165) is 32.3 Å². The third-order valence-electron chi connectivity index (χ3n) is 5.61. The van der Waals surface area contributed by atoms with Crippen LogP contribution in [-0.2, 0) is 22.6 Å². The first-order valence-corrected chi connectivity index (χ1v) is 13.9. The van der Waals surface area contributed by atoms with Crippen molar-refractivity contribution in [3.63, 3.8) is 0 Å². The van der Waals surface area contributed by atoms with E-state index in [2.05, 4.69) is 41.0 Å². The number of halogens is 2. The number of amides is 2. The summed E-state index contributed by atoms with van der Waals surface area (Å²) in [4.78, 5) is 29.6. The molecule has 7 nitrogen and oxygen atoms in total. The molecule has 0 aliphatic heterocycles. The summed E-state index contributed by atoms with van der Waals surface area (Å²) in [5, 5.41) is 7.66. The van der Waals surface area contributed by atoms with Gasteiger partial charge in [-0.3, -0.25) is 9.78 Å². The predicted octanol–water partition coefficient (Wildman–Crippen LogP) is 6.96. The molecule has 2 heterocycles. The number of hydrogen-bond acceptors (Lipinski definition) is 5. The Morgan fingerprint density at radius 3 is 2.29 bits per heavy atom. The minimum Gasteiger partial charge on any atom is -0.444 e. The van der Waals surface area contributed by atoms with Crippen LogP contribution in [-0.4, -0.2) is 33.7 Å². The predicted molar refractivity (Wildman–Crippen MR) is 153 cm³/mol. The summed E-state index contributed by atoms with van der Waals surface area (Å²) in [5.41, 5.74) is 3.69. The number of rotatable bonds is 9. The highest BCUT2D eigenvalue weighted by atomic mass is 35.5. The van der Waals surface area contributed by atoms with Crippen molar-refractivity contribution in [3.8, 4) is 0 Å². The normalized spacial score (nSPS) is 11.5. The fraction of sp³-hybridized carbons (Fsp3) is 0.393. The fourth-order valence-corrected chi connectivity index (χ4v) is 6.02. The van der Waals surface area contributed by atoms with E-state index in [1.807, 2.05) is 24.3 Å². The van der Waals surface area contributed by atoms with Crippen LogP contribution in [0.15, 0.2) is 52.6 Å². The maximum Gasteiger partial charge on any atom is 0.408 e. The zero-order valence-electron chi connectivity index (χ0n) is 22.5. The molecule has 2 aromatic heterocycles. The van der Waals surface area contributed by atoms with Gasteiger partial charge in [0.15, 0.2) is 0 Å². The Kier molecular flexibility index (Phi) is 10.2. The molecule has 0 fully saturated rings. The molecular formula is C28H34Cl2N4O3S. The molecule has 38 heavy (non-hydrogen) atoms. The standard InChI is InChI=1S/C28H34Cl2N4O3S/c1-17(2)25-23(14-32-24(35)15-33-27(36)37-28(4,5)6)18(3)34(16-19-7-9-31-10-8-19)26(25)38-22-12-20(29)11-21(30)13-22/h7-13,17H,14-16H2,1-6H3,(H,32,35)(H,33,36). The number of aromatic nitrogens is 2. The van der Waals surface area contributed by atoms with Crippen LogP contribution >= 0.6 is 35.0 Å². The number of nitrogens with zero attached hydrogens (tertiary/aromatic N) is 2. The van der Waals surface area contributed by atoms with E-state index < -0.39 is 11.7 Å². The molecule has 0 aliphatic carbocycles. The maximum absolute atomic E-state index is 12.6. The van der Waals surface area contributed by atoms with Crippen molar-refractivity contribution < 1.29 is 14.3 Å². The van der Waals surface area contributed by atoms with Crippen LogP contribution < -0.4 is 10.6 Å². The number of carbonyl (C=O) groups excluding carboxylic acids is 2. The lowest BCUT2D eigenvalue weighted by Crippen LogP contribution is -2.39. The number of hydrogen-bond donors (Lipinski definition) is 2. The van der Waals surface area contributed by atoms with Gasteiger partial charge in [-0.1, -0.05) is 48.8 Å². The zero-order valence-corrected chi connectivity index (χ0v) is 24.9. The first-order chi connectivity index (χ1) is 17.8. The molecule has 0 saturated heterocycles. The van der Waals surface area contributed by atoms with E-state index in [1.165, 1.54) is 0 Å². The molecule has 10 heteroatoms. The molecule has 3 rings (SSSR count). The van der Waals surface area contributed by atoms with Crippen molar-refractivity contribution in [2.24, 2.45) is 0 Å². The van der Waals surface area contributed by atoms with E-state index in [0.29, 0.717) is 23.1 Å². The van der Waals surface area contributed by atoms with Crippen molar-refractivity contribution in [3.05, 3.63) is 75.2 Å². The summed E-state index contributed by atoms with van der Waals surface area (Å²) in [6.07, 6.45) is 2.92. The lowest BCUT2D eigenvalue weighted by molar-refractivity contribution is -0.120. The number of carbonyl (C=O) groups is 2. The van der Waals surface area contributed by atoms with Gasteiger partial charge in [0.1, 0.15) is 12.1 Å². The highest BCUT2D eigenvalue weighted by Crippen LogP contribution is 2.41. The van der Waals surface area contributed by atoms with E-state index in [4.69, 9.17) is 27.9 Å². The minimum absolute atomic E-state index is 0.175. The van der Waals surface area contributed by atoms with E-state index in [1.54, 1.807) is 51.0 Å². The molecule has 2 N–H and O–H groups in total. The van der Waals surface area contributed by atoms with Gasteiger partial charge in [0, 0.05) is 46.1 Å². The molecule has 0 unspecified atom stereocenters. The van der Waals surface area contributed by atoms with Gasteiger partial charge in [-0.15, -0.1) is 0 Å². The summed E-state index contributed by atoms with van der Waals surface area (Å²) in [6.45, 7) is 12.4. The first-order valence-electron chi connectivity index (χ1n) is 12.3. The number of nitrogens with one attached hydrogen (secondary N) is 2. The van der Waals surface area contributed by atoms with Crippen LogP contribution in [0.25, 0.3) is 0 Å². The van der Waals surface area contributed by atoms with E-state index in [9.17, 15) is 9.59 Å². The van der Waals surface area contributed by atoms with Gasteiger partial charge in [0.2, 0.25) is 5.91 Å². The topological polar surface area (TPSA) is 85.3 Å². The van der Waals surface area contributed by atoms with Crippen molar-refractivity contribution in [2.45, 2.75) is 76.1 Å². The number of ether oxygens (including phenoxy) is 1. The average molecular weight is 578 g/mol. The van der Waals surface area contributed by atoms with E-state index in [-0.39, 0.29) is 18.4 Å². The van der Waals surface area contributed by atoms with Gasteiger partial charge in [0.05, 0.1) is 5.03 Å². The average Bonchev–Trinajstić information content (AvgIpc) is 3.06. The smallest absolute Gasteiger partial charge is 0.408 e. The van der Waals surface area contributed by atoms with Crippen LogP contribution in [0, 0.1) is 6.92 Å². The lowest BCUT2D eigenvalue weighted by Gasteiger charge is -2.19. The molecule has 0 bridgehead atoms. The Balaban J connectivity index is 1.91. The van der Waals surface area contributed by atoms with Crippen LogP contribution in [0.4, 0.5) is 4.79 Å². The number of benzene rings is 1. The van der Waals surface area contributed by atoms with Gasteiger partial charge >= 0.3 is 6.09 Å². The molecule has 1 aromatic carbocycles. The number of pyridine rings is 1. The monoisotopic (exact) mass is 576 g/mol. The highest BCUT2D eigenvalue weighted by Gasteiger charge is 2.24. The van der Waals surface area contributed by atoms with Crippen LogP contribution in [0.1, 0.15) is 62.9 Å². The molecule has 0 aliphatic rings. The third kappa shape index (κ3) is 8.41. The van der Waals surface area contributed by atoms with Crippen LogP contribution in [0.3, 0.4) is 0 Å². The Bertz CT molecular complexity index is 1270. The van der Waals surface area contributed by atoms with Gasteiger partial charge in [-0.25, -0.2) is 4.79 Å². The largest absolute Gasteiger partial charge is 0.444 e. The van der Waals surface area contributed by atoms with Gasteiger partial charge in [-0.2, -0.15) is 0 Å². The number of alkyl carbamates (subject to hydrolysis) is 1. The summed E-state index contributed by atoms with van der Waals surface area (Å²) in [6, 6.07) is 9.48. The highest BCUT2D eigenvalue weighted by molar-refractivity contribution is 7.99. The van der Waals surface area contributed by atoms with Gasteiger partial charge in [-0.05, 0) is 80.6 Å². The molecule has 204 valence electrons. The van der Waals surface area contributed by atoms with Crippen LogP contribution in [0.5, 0.6) is 0 Å². The SMILES string of the molecule is Cc1c(CNC(=O)CNC(=O)OC(C)(C)C)c(C(C)C)c(Sc2cc(Cl)cc(Cl)c2)n1Cc1ccncc1. The molecule has 3 aromatic rings. The molecule has 2 amide bonds. The Labute approximate surface area is 238 Å². The molecule has 0 spiro atoms. The van der Waals surface area contributed by atoms with Crippen molar-refractivity contribution in [2.75, 3.05) is 6.54 Å². The molecular weight excluding hydrogens is 543 g/mol. The fourth-order valence-electron chi connectivity index (χ4n) is 3.99. The Morgan fingerprint density at radius 2 is 1.71 bits per heavy atom. The van der Waals surface area contributed by atoms with Crippen molar-refractivity contribution in [1.29, 1.82) is 0 Å².